The fourth-order valence-corrected chi connectivity index (χ4v) is 3.30. The summed E-state index contributed by atoms with van der Waals surface area (Å²) < 4.78 is 1.69. The number of halogens is 2. The number of carbonyl (C=O) groups excluding carboxylic acids is 2. The van der Waals surface area contributed by atoms with Crippen LogP contribution in [0.5, 0.6) is 0 Å². The lowest BCUT2D eigenvalue weighted by molar-refractivity contribution is -0.123. The Morgan fingerprint density at radius 1 is 1.33 bits per heavy atom. The normalized spacial score (nSPS) is 12.3. The van der Waals surface area contributed by atoms with E-state index in [0.29, 0.717) is 4.88 Å². The van der Waals surface area contributed by atoms with Crippen molar-refractivity contribution in [1.82, 2.24) is 10.6 Å². The van der Waals surface area contributed by atoms with Crippen molar-refractivity contribution < 1.29 is 9.59 Å². The summed E-state index contributed by atoms with van der Waals surface area (Å²) in [6.07, 6.45) is 0. The second-order valence-corrected chi connectivity index (χ2v) is 7.27. The van der Waals surface area contributed by atoms with Gasteiger partial charge in [-0.1, -0.05) is 13.8 Å². The van der Waals surface area contributed by atoms with Gasteiger partial charge in [-0.05, 0) is 43.8 Å². The fraction of sp³-hybridized carbons (Fsp3) is 0.455. The molecule has 7 heteroatoms. The molecule has 0 radical (unpaired) electrons. The molecule has 0 aliphatic carbocycles. The van der Waals surface area contributed by atoms with Crippen molar-refractivity contribution in [3.05, 3.63) is 19.2 Å². The molecule has 0 spiro atoms. The minimum atomic E-state index is -0.526. The first-order valence-corrected chi connectivity index (χ1v) is 7.74. The van der Waals surface area contributed by atoms with Crippen molar-refractivity contribution >= 4 is 55.0 Å². The van der Waals surface area contributed by atoms with Gasteiger partial charge >= 0.3 is 0 Å². The Morgan fingerprint density at radius 3 is 2.33 bits per heavy atom. The quantitative estimate of drug-likeness (QED) is 0.820. The molecule has 0 fully saturated rings. The lowest BCUT2D eigenvalue weighted by Crippen LogP contribution is -2.48. The second-order valence-electron chi connectivity index (χ2n) is 4.04. The average Bonchev–Trinajstić information content (AvgIpc) is 2.65. The molecule has 100 valence electrons. The molecule has 18 heavy (non-hydrogen) atoms. The van der Waals surface area contributed by atoms with E-state index in [2.05, 4.69) is 42.5 Å². The van der Waals surface area contributed by atoms with E-state index < -0.39 is 6.04 Å². The van der Waals surface area contributed by atoms with Crippen molar-refractivity contribution in [2.24, 2.45) is 5.92 Å². The van der Waals surface area contributed by atoms with E-state index in [9.17, 15) is 9.59 Å². The maximum absolute atomic E-state index is 12.0. The molecule has 1 heterocycles. The molecular formula is C11H14Br2N2O2S. The van der Waals surface area contributed by atoms with Crippen LogP contribution >= 0.6 is 43.2 Å². The lowest BCUT2D eigenvalue weighted by atomic mass is 10.0. The summed E-state index contributed by atoms with van der Waals surface area (Å²) in [6, 6.07) is 1.20. The molecule has 2 N–H and O–H groups in total. The van der Waals surface area contributed by atoms with Gasteiger partial charge in [0, 0.05) is 11.5 Å². The first-order valence-electron chi connectivity index (χ1n) is 5.34. The molecule has 2 amide bonds. The topological polar surface area (TPSA) is 58.2 Å². The molecule has 0 saturated carbocycles. The predicted molar refractivity (Wildman–Crippen MR) is 79.9 cm³/mol. The van der Waals surface area contributed by atoms with Gasteiger partial charge in [-0.15, -0.1) is 11.3 Å². The molecule has 1 aromatic rings. The van der Waals surface area contributed by atoms with Crippen molar-refractivity contribution in [2.75, 3.05) is 7.05 Å². The zero-order chi connectivity index (χ0) is 13.9. The molecule has 0 aliphatic rings. The van der Waals surface area contributed by atoms with Crippen molar-refractivity contribution in [3.8, 4) is 0 Å². The molecule has 0 saturated heterocycles. The Labute approximate surface area is 127 Å². The minimum Gasteiger partial charge on any atom is -0.357 e. The summed E-state index contributed by atoms with van der Waals surface area (Å²) in [6.45, 7) is 3.78. The highest BCUT2D eigenvalue weighted by Crippen LogP contribution is 2.32. The van der Waals surface area contributed by atoms with Crippen molar-refractivity contribution in [2.45, 2.75) is 19.9 Å². The number of hydrogen-bond acceptors (Lipinski definition) is 3. The zero-order valence-electron chi connectivity index (χ0n) is 10.2. The van der Waals surface area contributed by atoms with Gasteiger partial charge < -0.3 is 10.6 Å². The van der Waals surface area contributed by atoms with E-state index in [1.54, 1.807) is 13.1 Å². The summed E-state index contributed by atoms with van der Waals surface area (Å²) in [5.41, 5.74) is 0. The van der Waals surface area contributed by atoms with Crippen LogP contribution in [0.3, 0.4) is 0 Å². The SMILES string of the molecule is CNC(=O)[C@@H](NC(=O)c1cc(Br)c(Br)s1)C(C)C. The summed E-state index contributed by atoms with van der Waals surface area (Å²) >= 11 is 7.98. The fourth-order valence-electron chi connectivity index (χ4n) is 1.36. The maximum Gasteiger partial charge on any atom is 0.262 e. The predicted octanol–water partition coefficient (Wildman–Crippen LogP) is 2.77. The number of nitrogens with one attached hydrogen (secondary N) is 2. The largest absolute Gasteiger partial charge is 0.357 e. The molecule has 0 unspecified atom stereocenters. The van der Waals surface area contributed by atoms with Gasteiger partial charge in [0.25, 0.3) is 5.91 Å². The van der Waals surface area contributed by atoms with E-state index in [0.717, 1.165) is 8.26 Å². The first kappa shape index (κ1) is 15.7. The van der Waals surface area contributed by atoms with Crippen LogP contribution in [-0.4, -0.2) is 24.9 Å². The molecule has 1 rings (SSSR count). The van der Waals surface area contributed by atoms with Gasteiger partial charge in [-0.3, -0.25) is 9.59 Å². The summed E-state index contributed by atoms with van der Waals surface area (Å²) in [7, 11) is 1.56. The van der Waals surface area contributed by atoms with E-state index in [1.807, 2.05) is 13.8 Å². The first-order chi connectivity index (χ1) is 8.36. The van der Waals surface area contributed by atoms with Crippen LogP contribution in [0.25, 0.3) is 0 Å². The summed E-state index contributed by atoms with van der Waals surface area (Å²) in [4.78, 5) is 24.2. The number of hydrogen-bond donors (Lipinski definition) is 2. The van der Waals surface area contributed by atoms with Gasteiger partial charge in [-0.25, -0.2) is 0 Å². The Balaban J connectivity index is 2.81. The second kappa shape index (κ2) is 6.68. The monoisotopic (exact) mass is 396 g/mol. The smallest absolute Gasteiger partial charge is 0.262 e. The van der Waals surface area contributed by atoms with Gasteiger partial charge in [0.15, 0.2) is 0 Å². The van der Waals surface area contributed by atoms with Crippen LogP contribution in [0.2, 0.25) is 0 Å². The lowest BCUT2D eigenvalue weighted by Gasteiger charge is -2.20. The zero-order valence-corrected chi connectivity index (χ0v) is 14.2. The van der Waals surface area contributed by atoms with Gasteiger partial charge in [0.2, 0.25) is 5.91 Å². The standard InChI is InChI=1S/C11H14Br2N2O2S/c1-5(2)8(11(17)14-3)15-10(16)7-4-6(12)9(13)18-7/h4-5,8H,1-3H3,(H,14,17)(H,15,16)/t8-/m0/s1. The minimum absolute atomic E-state index is 0.0285. The van der Waals surface area contributed by atoms with E-state index in [1.165, 1.54) is 11.3 Å². The Morgan fingerprint density at radius 2 is 1.94 bits per heavy atom. The molecule has 0 aliphatic heterocycles. The highest BCUT2D eigenvalue weighted by atomic mass is 79.9. The van der Waals surface area contributed by atoms with Gasteiger partial charge in [0.1, 0.15) is 6.04 Å². The van der Waals surface area contributed by atoms with E-state index >= 15 is 0 Å². The van der Waals surface area contributed by atoms with Crippen LogP contribution in [0.1, 0.15) is 23.5 Å². The Kier molecular flexibility index (Phi) is 5.81. The van der Waals surface area contributed by atoms with Gasteiger partial charge in [0.05, 0.1) is 8.66 Å². The van der Waals surface area contributed by atoms with Crippen LogP contribution in [0.4, 0.5) is 0 Å². The number of carbonyl (C=O) groups is 2. The third-order valence-electron chi connectivity index (χ3n) is 2.35. The molecular weight excluding hydrogens is 384 g/mol. The van der Waals surface area contributed by atoms with Gasteiger partial charge in [-0.2, -0.15) is 0 Å². The van der Waals surface area contributed by atoms with E-state index in [4.69, 9.17) is 0 Å². The molecule has 0 bridgehead atoms. The Bertz CT molecular complexity index is 440. The molecule has 4 nitrogen and oxygen atoms in total. The maximum atomic E-state index is 12.0. The Hall–Kier alpha value is -0.400. The van der Waals surface area contributed by atoms with Crippen LogP contribution < -0.4 is 10.6 Å². The van der Waals surface area contributed by atoms with Crippen LogP contribution in [0.15, 0.2) is 14.3 Å². The number of amides is 2. The number of likely N-dealkylation sites (N-methyl/N-ethyl adjacent to an activating group) is 1. The third-order valence-corrected chi connectivity index (χ3v) is 5.61. The van der Waals surface area contributed by atoms with Crippen molar-refractivity contribution in [1.29, 1.82) is 0 Å². The highest BCUT2D eigenvalue weighted by Gasteiger charge is 2.24. The molecule has 1 aromatic heterocycles. The van der Waals surface area contributed by atoms with Crippen LogP contribution in [-0.2, 0) is 4.79 Å². The van der Waals surface area contributed by atoms with Crippen molar-refractivity contribution in [3.63, 3.8) is 0 Å². The number of rotatable bonds is 4. The number of thiophene rings is 1. The highest BCUT2D eigenvalue weighted by molar-refractivity contribution is 9.13. The third kappa shape index (κ3) is 3.80. The molecule has 0 aromatic carbocycles. The average molecular weight is 398 g/mol. The summed E-state index contributed by atoms with van der Waals surface area (Å²) in [5.74, 6) is -0.400. The summed E-state index contributed by atoms with van der Waals surface area (Å²) in [5, 5.41) is 5.29. The molecule has 1 atom stereocenters. The van der Waals surface area contributed by atoms with E-state index in [-0.39, 0.29) is 17.7 Å². The van der Waals surface area contributed by atoms with Crippen LogP contribution in [0, 0.1) is 5.92 Å².